The number of nitrogens with two attached hydrogens (primary N) is 1. The zero-order chi connectivity index (χ0) is 18.0. The summed E-state index contributed by atoms with van der Waals surface area (Å²) in [6.07, 6.45) is 3.84. The average Bonchev–Trinajstić information content (AvgIpc) is 3.15. The second-order valence-corrected chi connectivity index (χ2v) is 8.18. The number of hydrogen-bond acceptors (Lipinski definition) is 3. The molecule has 2 N–H and O–H groups in total. The molecule has 1 amide bonds. The third-order valence-corrected chi connectivity index (χ3v) is 5.75. The zero-order valence-corrected chi connectivity index (χ0v) is 15.4. The molecular formula is C21H30N2O2. The van der Waals surface area contributed by atoms with Gasteiger partial charge >= 0.3 is 0 Å². The smallest absolute Gasteiger partial charge is 0.223 e. The fourth-order valence-corrected chi connectivity index (χ4v) is 4.33. The van der Waals surface area contributed by atoms with Gasteiger partial charge in [0.05, 0.1) is 0 Å². The van der Waals surface area contributed by atoms with Crippen LogP contribution in [0.2, 0.25) is 0 Å². The van der Waals surface area contributed by atoms with Crippen molar-refractivity contribution in [2.45, 2.75) is 52.0 Å². The number of rotatable bonds is 6. The first-order valence-corrected chi connectivity index (χ1v) is 9.59. The van der Waals surface area contributed by atoms with Crippen molar-refractivity contribution in [2.24, 2.45) is 23.5 Å². The van der Waals surface area contributed by atoms with Crippen LogP contribution in [0.3, 0.4) is 0 Å². The van der Waals surface area contributed by atoms with Gasteiger partial charge in [-0.1, -0.05) is 38.1 Å². The summed E-state index contributed by atoms with van der Waals surface area (Å²) < 4.78 is 0. The number of nitrogens with zero attached hydrogens (tertiary/aromatic N) is 1. The van der Waals surface area contributed by atoms with E-state index >= 15 is 0 Å². The first-order valence-electron chi connectivity index (χ1n) is 9.59. The Morgan fingerprint density at radius 3 is 2.48 bits per heavy atom. The maximum absolute atomic E-state index is 12.4. The monoisotopic (exact) mass is 342 g/mol. The molecule has 1 saturated heterocycles. The van der Waals surface area contributed by atoms with Crippen LogP contribution in [0.25, 0.3) is 0 Å². The Morgan fingerprint density at radius 1 is 1.12 bits per heavy atom. The van der Waals surface area contributed by atoms with Crippen LogP contribution in [0, 0.1) is 17.8 Å². The fourth-order valence-electron chi connectivity index (χ4n) is 4.33. The number of carbonyl (C=O) groups is 2. The molecule has 4 heteroatoms. The van der Waals surface area contributed by atoms with Gasteiger partial charge < -0.3 is 10.6 Å². The van der Waals surface area contributed by atoms with Crippen LogP contribution in [0.5, 0.6) is 0 Å². The fraction of sp³-hybridized carbons (Fsp3) is 0.619. The minimum atomic E-state index is 0.0561. The molecule has 0 radical (unpaired) electrons. The molecule has 4 nitrogen and oxygen atoms in total. The number of Topliss-reactive ketones (excluding diaryl/α,β-unsaturated/α-hetero) is 1. The summed E-state index contributed by atoms with van der Waals surface area (Å²) in [6.45, 7) is 5.98. The number of fused-ring (bicyclic) bond motifs is 1. The molecule has 0 spiro atoms. The molecule has 1 heterocycles. The molecule has 2 fully saturated rings. The topological polar surface area (TPSA) is 63.4 Å². The van der Waals surface area contributed by atoms with Gasteiger partial charge in [-0.2, -0.15) is 0 Å². The molecule has 3 rings (SSSR count). The third-order valence-electron chi connectivity index (χ3n) is 5.75. The van der Waals surface area contributed by atoms with E-state index in [4.69, 9.17) is 5.73 Å². The summed E-state index contributed by atoms with van der Waals surface area (Å²) in [5.74, 6) is 1.80. The van der Waals surface area contributed by atoms with Crippen molar-refractivity contribution < 1.29 is 9.59 Å². The molecule has 1 aromatic rings. The standard InChI is InChI=1S/C21H30N2O2/c1-14(2)11-15-3-5-16(6-4-15)20(24)9-10-21(25)23-12-17-7-8-19(22)18(17)13-23/h3-6,14,17-19H,7-13,22H2,1-2H3. The van der Waals surface area contributed by atoms with Crippen LogP contribution in [0.1, 0.15) is 55.5 Å². The predicted molar refractivity (Wildman–Crippen MR) is 99.3 cm³/mol. The highest BCUT2D eigenvalue weighted by molar-refractivity contribution is 5.98. The van der Waals surface area contributed by atoms with E-state index in [1.807, 2.05) is 29.2 Å². The van der Waals surface area contributed by atoms with Gasteiger partial charge in [0.25, 0.3) is 0 Å². The molecule has 136 valence electrons. The number of ketones is 1. The van der Waals surface area contributed by atoms with Gasteiger partial charge in [-0.05, 0) is 42.6 Å². The molecule has 3 atom stereocenters. The lowest BCUT2D eigenvalue weighted by atomic mass is 9.98. The minimum absolute atomic E-state index is 0.0561. The van der Waals surface area contributed by atoms with Crippen molar-refractivity contribution in [2.75, 3.05) is 13.1 Å². The maximum Gasteiger partial charge on any atom is 0.223 e. The van der Waals surface area contributed by atoms with Gasteiger partial charge in [0, 0.05) is 37.5 Å². The third kappa shape index (κ3) is 4.30. The Bertz CT molecular complexity index is 623. The quantitative estimate of drug-likeness (QED) is 0.808. The molecule has 1 saturated carbocycles. The Labute approximate surface area is 150 Å². The highest BCUT2D eigenvalue weighted by Gasteiger charge is 2.42. The van der Waals surface area contributed by atoms with Crippen LogP contribution < -0.4 is 5.73 Å². The summed E-state index contributed by atoms with van der Waals surface area (Å²) in [4.78, 5) is 26.7. The van der Waals surface area contributed by atoms with Crippen LogP contribution in [0.15, 0.2) is 24.3 Å². The lowest BCUT2D eigenvalue weighted by molar-refractivity contribution is -0.130. The van der Waals surface area contributed by atoms with Crippen molar-refractivity contribution >= 4 is 11.7 Å². The van der Waals surface area contributed by atoms with E-state index in [0.29, 0.717) is 36.2 Å². The molecule has 0 bridgehead atoms. The maximum atomic E-state index is 12.4. The lowest BCUT2D eigenvalue weighted by Crippen LogP contribution is -2.33. The average molecular weight is 342 g/mol. The van der Waals surface area contributed by atoms with Crippen molar-refractivity contribution in [3.05, 3.63) is 35.4 Å². The van der Waals surface area contributed by atoms with E-state index in [0.717, 1.165) is 32.4 Å². The van der Waals surface area contributed by atoms with Crippen molar-refractivity contribution in [3.63, 3.8) is 0 Å². The van der Waals surface area contributed by atoms with Crippen molar-refractivity contribution in [1.29, 1.82) is 0 Å². The molecule has 25 heavy (non-hydrogen) atoms. The summed E-state index contributed by atoms with van der Waals surface area (Å²) in [5, 5.41) is 0. The molecule has 1 aliphatic carbocycles. The molecule has 1 aliphatic heterocycles. The van der Waals surface area contributed by atoms with E-state index in [1.165, 1.54) is 5.56 Å². The molecule has 0 aromatic heterocycles. The largest absolute Gasteiger partial charge is 0.342 e. The second kappa shape index (κ2) is 7.69. The van der Waals surface area contributed by atoms with Gasteiger partial charge in [0.1, 0.15) is 0 Å². The van der Waals surface area contributed by atoms with Crippen LogP contribution in [-0.2, 0) is 11.2 Å². The van der Waals surface area contributed by atoms with Gasteiger partial charge in [-0.15, -0.1) is 0 Å². The van der Waals surface area contributed by atoms with Gasteiger partial charge in [-0.25, -0.2) is 0 Å². The first kappa shape index (κ1) is 18.1. The summed E-state index contributed by atoms with van der Waals surface area (Å²) in [5.41, 5.74) is 8.09. The van der Waals surface area contributed by atoms with Crippen LogP contribution in [-0.4, -0.2) is 35.7 Å². The van der Waals surface area contributed by atoms with Crippen molar-refractivity contribution in [3.8, 4) is 0 Å². The minimum Gasteiger partial charge on any atom is -0.342 e. The number of hydrogen-bond donors (Lipinski definition) is 1. The highest BCUT2D eigenvalue weighted by Crippen LogP contribution is 2.37. The SMILES string of the molecule is CC(C)Cc1ccc(C(=O)CCC(=O)N2CC3CCC(N)C3C2)cc1. The van der Waals surface area contributed by atoms with Crippen molar-refractivity contribution in [1.82, 2.24) is 4.90 Å². The highest BCUT2D eigenvalue weighted by atomic mass is 16.2. The summed E-state index contributed by atoms with van der Waals surface area (Å²) in [7, 11) is 0. The van der Waals surface area contributed by atoms with Crippen LogP contribution in [0.4, 0.5) is 0 Å². The normalized spacial score (nSPS) is 25.4. The molecule has 1 aromatic carbocycles. The summed E-state index contributed by atoms with van der Waals surface area (Å²) >= 11 is 0. The van der Waals surface area contributed by atoms with Gasteiger partial charge in [-0.3, -0.25) is 9.59 Å². The Morgan fingerprint density at radius 2 is 1.84 bits per heavy atom. The Kier molecular flexibility index (Phi) is 5.57. The lowest BCUT2D eigenvalue weighted by Gasteiger charge is -2.18. The number of benzene rings is 1. The van der Waals surface area contributed by atoms with E-state index in [-0.39, 0.29) is 17.7 Å². The Balaban J connectivity index is 1.48. The second-order valence-electron chi connectivity index (χ2n) is 8.18. The first-order chi connectivity index (χ1) is 11.9. The van der Waals surface area contributed by atoms with E-state index < -0.39 is 0 Å². The number of amides is 1. The van der Waals surface area contributed by atoms with Gasteiger partial charge in [0.2, 0.25) is 5.91 Å². The Hall–Kier alpha value is -1.68. The predicted octanol–water partition coefficient (Wildman–Crippen LogP) is 3.04. The van der Waals surface area contributed by atoms with Gasteiger partial charge in [0.15, 0.2) is 5.78 Å². The van der Waals surface area contributed by atoms with E-state index in [9.17, 15) is 9.59 Å². The molecular weight excluding hydrogens is 312 g/mol. The molecule has 2 aliphatic rings. The number of carbonyl (C=O) groups excluding carboxylic acids is 2. The molecule has 3 unspecified atom stereocenters. The number of likely N-dealkylation sites (tertiary alicyclic amines) is 1. The van der Waals surface area contributed by atoms with E-state index in [2.05, 4.69) is 13.8 Å². The summed E-state index contributed by atoms with van der Waals surface area (Å²) in [6, 6.07) is 8.08. The van der Waals surface area contributed by atoms with E-state index in [1.54, 1.807) is 0 Å². The van der Waals surface area contributed by atoms with Crippen LogP contribution >= 0.6 is 0 Å². The zero-order valence-electron chi connectivity index (χ0n) is 15.4.